The van der Waals surface area contributed by atoms with Crippen LogP contribution in [0.5, 0.6) is 0 Å². The lowest BCUT2D eigenvalue weighted by Gasteiger charge is -2.30. The summed E-state index contributed by atoms with van der Waals surface area (Å²) < 4.78 is 0. The lowest BCUT2D eigenvalue weighted by molar-refractivity contribution is -0.121. The third-order valence-electron chi connectivity index (χ3n) is 5.04. The number of hydrogen-bond acceptors (Lipinski definition) is 3. The van der Waals surface area contributed by atoms with E-state index in [9.17, 15) is 4.79 Å². The van der Waals surface area contributed by atoms with E-state index in [-0.39, 0.29) is 30.7 Å². The second-order valence-corrected chi connectivity index (χ2v) is 6.98. The van der Waals surface area contributed by atoms with Gasteiger partial charge in [0.25, 0.3) is 0 Å². The quantitative estimate of drug-likeness (QED) is 0.648. The molecule has 0 bridgehead atoms. The minimum absolute atomic E-state index is 0. The Balaban J connectivity index is 0.00000242. The van der Waals surface area contributed by atoms with E-state index >= 15 is 0 Å². The van der Waals surface area contributed by atoms with Crippen LogP contribution in [0.1, 0.15) is 51.9 Å². The molecule has 0 spiro atoms. The van der Waals surface area contributed by atoms with Crippen molar-refractivity contribution in [1.82, 2.24) is 15.5 Å². The van der Waals surface area contributed by atoms with Crippen molar-refractivity contribution >= 4 is 30.7 Å². The second kappa shape index (κ2) is 13.3. The van der Waals surface area contributed by atoms with Gasteiger partial charge in [-0.1, -0.05) is 6.92 Å². The summed E-state index contributed by atoms with van der Waals surface area (Å²) in [4.78, 5) is 14.3. The molecule has 0 radical (unpaired) electrons. The van der Waals surface area contributed by atoms with E-state index in [2.05, 4.69) is 22.5 Å². The van der Waals surface area contributed by atoms with Crippen LogP contribution in [-0.2, 0) is 4.79 Å². The summed E-state index contributed by atoms with van der Waals surface area (Å²) in [6, 6.07) is 0. The topological polar surface area (TPSA) is 44.4 Å². The zero-order valence-electron chi connectivity index (χ0n) is 14.5. The number of carbonyl (C=O) groups is 1. The Morgan fingerprint density at radius 2 is 1.91 bits per heavy atom. The number of halogens is 2. The molecule has 0 saturated carbocycles. The highest BCUT2D eigenvalue weighted by atomic mass is 35.5. The molecule has 2 heterocycles. The van der Waals surface area contributed by atoms with Crippen molar-refractivity contribution in [3.8, 4) is 0 Å². The molecule has 2 rings (SSSR count). The standard InChI is InChI=1S/C17H33N3O.2ClH/c1-15-7-12-20(13-8-15)11-3-2-9-19-17(21)5-4-16-6-10-18-14-16;;/h15-16,18H,2-14H2,1H3,(H,19,21);2*1H. The first kappa shape index (κ1) is 23.0. The van der Waals surface area contributed by atoms with Gasteiger partial charge in [-0.2, -0.15) is 0 Å². The summed E-state index contributed by atoms with van der Waals surface area (Å²) in [5, 5.41) is 6.43. The normalized spacial score (nSPS) is 22.2. The van der Waals surface area contributed by atoms with Gasteiger partial charge >= 0.3 is 0 Å². The molecular weight excluding hydrogens is 333 g/mol. The van der Waals surface area contributed by atoms with Crippen molar-refractivity contribution in [1.29, 1.82) is 0 Å². The molecular formula is C17H35Cl2N3O. The monoisotopic (exact) mass is 367 g/mol. The van der Waals surface area contributed by atoms with E-state index in [1.54, 1.807) is 0 Å². The summed E-state index contributed by atoms with van der Waals surface area (Å²) in [6.07, 6.45) is 8.02. The molecule has 2 aliphatic heterocycles. The maximum atomic E-state index is 11.8. The van der Waals surface area contributed by atoms with Crippen LogP contribution in [0, 0.1) is 11.8 Å². The molecule has 0 aromatic carbocycles. The molecule has 4 nitrogen and oxygen atoms in total. The largest absolute Gasteiger partial charge is 0.356 e. The number of piperidine rings is 1. The van der Waals surface area contributed by atoms with E-state index < -0.39 is 0 Å². The summed E-state index contributed by atoms with van der Waals surface area (Å²) in [5.41, 5.74) is 0. The molecule has 1 atom stereocenters. The fraction of sp³-hybridized carbons (Fsp3) is 0.941. The van der Waals surface area contributed by atoms with Crippen molar-refractivity contribution in [3.63, 3.8) is 0 Å². The van der Waals surface area contributed by atoms with Crippen LogP contribution < -0.4 is 10.6 Å². The molecule has 0 aliphatic carbocycles. The van der Waals surface area contributed by atoms with Crippen LogP contribution in [0.2, 0.25) is 0 Å². The van der Waals surface area contributed by atoms with Gasteiger partial charge in [0.2, 0.25) is 5.91 Å². The minimum atomic E-state index is 0. The Kier molecular flexibility index (Phi) is 13.3. The van der Waals surface area contributed by atoms with E-state index in [0.29, 0.717) is 6.42 Å². The molecule has 1 unspecified atom stereocenters. The number of nitrogens with zero attached hydrogens (tertiary/aromatic N) is 1. The number of nitrogens with one attached hydrogen (secondary N) is 2. The Hall–Kier alpha value is -0.0300. The van der Waals surface area contributed by atoms with Crippen molar-refractivity contribution < 1.29 is 4.79 Å². The highest BCUT2D eigenvalue weighted by Gasteiger charge is 2.16. The second-order valence-electron chi connectivity index (χ2n) is 6.98. The van der Waals surface area contributed by atoms with E-state index in [0.717, 1.165) is 44.3 Å². The average Bonchev–Trinajstić information content (AvgIpc) is 3.00. The van der Waals surface area contributed by atoms with Crippen molar-refractivity contribution in [2.24, 2.45) is 11.8 Å². The first-order valence-electron chi connectivity index (χ1n) is 8.94. The zero-order chi connectivity index (χ0) is 14.9. The fourth-order valence-corrected chi connectivity index (χ4v) is 3.36. The zero-order valence-corrected chi connectivity index (χ0v) is 16.2. The van der Waals surface area contributed by atoms with Crippen molar-refractivity contribution in [2.45, 2.75) is 51.9 Å². The predicted octanol–water partition coefficient (Wildman–Crippen LogP) is 2.85. The molecule has 0 aromatic heterocycles. The van der Waals surface area contributed by atoms with Crippen LogP contribution in [0.3, 0.4) is 0 Å². The maximum absolute atomic E-state index is 11.8. The van der Waals surface area contributed by atoms with Crippen molar-refractivity contribution in [3.05, 3.63) is 0 Å². The van der Waals surface area contributed by atoms with Gasteiger partial charge in [0.15, 0.2) is 0 Å². The molecule has 1 amide bonds. The molecule has 2 saturated heterocycles. The van der Waals surface area contributed by atoms with Gasteiger partial charge in [-0.05, 0) is 83.1 Å². The maximum Gasteiger partial charge on any atom is 0.220 e. The SMILES string of the molecule is CC1CCN(CCCCNC(=O)CCC2CCNC2)CC1.Cl.Cl. The molecule has 2 aliphatic rings. The number of carbonyl (C=O) groups excluding carboxylic acids is 1. The molecule has 23 heavy (non-hydrogen) atoms. The summed E-state index contributed by atoms with van der Waals surface area (Å²) in [7, 11) is 0. The average molecular weight is 368 g/mol. The van der Waals surface area contributed by atoms with Crippen molar-refractivity contribution in [2.75, 3.05) is 39.3 Å². The summed E-state index contributed by atoms with van der Waals surface area (Å²) in [5.74, 6) is 1.88. The smallest absolute Gasteiger partial charge is 0.220 e. The van der Waals surface area contributed by atoms with Crippen LogP contribution in [-0.4, -0.2) is 50.1 Å². The first-order chi connectivity index (χ1) is 10.2. The highest BCUT2D eigenvalue weighted by Crippen LogP contribution is 2.16. The van der Waals surface area contributed by atoms with Gasteiger partial charge in [-0.25, -0.2) is 0 Å². The first-order valence-corrected chi connectivity index (χ1v) is 8.94. The summed E-state index contributed by atoms with van der Waals surface area (Å²) in [6.45, 7) is 9.17. The number of amides is 1. The Bertz CT molecular complexity index is 304. The Morgan fingerprint density at radius 1 is 1.17 bits per heavy atom. The number of rotatable bonds is 8. The fourth-order valence-electron chi connectivity index (χ4n) is 3.36. The molecule has 2 fully saturated rings. The van der Waals surface area contributed by atoms with Gasteiger partial charge in [0.1, 0.15) is 0 Å². The van der Waals surface area contributed by atoms with E-state index in [4.69, 9.17) is 0 Å². The lowest BCUT2D eigenvalue weighted by Crippen LogP contribution is -2.34. The van der Waals surface area contributed by atoms with Crippen LogP contribution in [0.4, 0.5) is 0 Å². The Labute approximate surface area is 154 Å². The van der Waals surface area contributed by atoms with Crippen LogP contribution in [0.15, 0.2) is 0 Å². The molecule has 2 N–H and O–H groups in total. The lowest BCUT2D eigenvalue weighted by atomic mass is 9.99. The van der Waals surface area contributed by atoms with Gasteiger partial charge in [-0.3, -0.25) is 4.79 Å². The van der Waals surface area contributed by atoms with E-state index in [1.165, 1.54) is 45.3 Å². The molecule has 6 heteroatoms. The van der Waals surface area contributed by atoms with E-state index in [1.807, 2.05) is 0 Å². The third-order valence-corrected chi connectivity index (χ3v) is 5.04. The highest BCUT2D eigenvalue weighted by molar-refractivity contribution is 5.85. The third kappa shape index (κ3) is 9.75. The Morgan fingerprint density at radius 3 is 2.57 bits per heavy atom. The van der Waals surface area contributed by atoms with Gasteiger partial charge in [0.05, 0.1) is 0 Å². The number of unbranched alkanes of at least 4 members (excludes halogenated alkanes) is 1. The van der Waals surface area contributed by atoms with Crippen LogP contribution in [0.25, 0.3) is 0 Å². The molecule has 0 aromatic rings. The van der Waals surface area contributed by atoms with Gasteiger partial charge in [0, 0.05) is 13.0 Å². The summed E-state index contributed by atoms with van der Waals surface area (Å²) >= 11 is 0. The molecule has 138 valence electrons. The number of likely N-dealkylation sites (tertiary alicyclic amines) is 1. The van der Waals surface area contributed by atoms with Crippen LogP contribution >= 0.6 is 24.8 Å². The number of hydrogen-bond donors (Lipinski definition) is 2. The predicted molar refractivity (Wildman–Crippen MR) is 102 cm³/mol. The van der Waals surface area contributed by atoms with Gasteiger partial charge in [-0.15, -0.1) is 24.8 Å². The van der Waals surface area contributed by atoms with Gasteiger partial charge < -0.3 is 15.5 Å². The minimum Gasteiger partial charge on any atom is -0.356 e.